The van der Waals surface area contributed by atoms with Crippen molar-refractivity contribution < 1.29 is 9.47 Å². The second-order valence-electron chi connectivity index (χ2n) is 2.74. The predicted molar refractivity (Wildman–Crippen MR) is 50.8 cm³/mol. The molecule has 1 aromatic heterocycles. The molecule has 3 heteroatoms. The maximum atomic E-state index is 5.43. The molecule has 0 bridgehead atoms. The Hall–Kier alpha value is -1.09. The number of ether oxygens (including phenoxy) is 2. The van der Waals surface area contributed by atoms with Crippen molar-refractivity contribution in [1.29, 1.82) is 0 Å². The van der Waals surface area contributed by atoms with Crippen LogP contribution >= 0.6 is 0 Å². The van der Waals surface area contributed by atoms with Gasteiger partial charge in [-0.3, -0.25) is 4.98 Å². The van der Waals surface area contributed by atoms with Gasteiger partial charge in [0, 0.05) is 19.9 Å². The van der Waals surface area contributed by atoms with Crippen molar-refractivity contribution in [3.8, 4) is 5.75 Å². The van der Waals surface area contributed by atoms with Gasteiger partial charge in [-0.2, -0.15) is 0 Å². The van der Waals surface area contributed by atoms with Crippen LogP contribution in [0.4, 0.5) is 0 Å². The fourth-order valence-corrected chi connectivity index (χ4v) is 0.971. The topological polar surface area (TPSA) is 31.4 Å². The molecule has 1 rings (SSSR count). The highest BCUT2D eigenvalue weighted by Crippen LogP contribution is 2.06. The van der Waals surface area contributed by atoms with Crippen molar-refractivity contribution in [2.45, 2.75) is 12.8 Å². The molecular weight excluding hydrogens is 166 g/mol. The zero-order valence-corrected chi connectivity index (χ0v) is 7.90. The van der Waals surface area contributed by atoms with E-state index in [1.54, 1.807) is 19.5 Å². The summed E-state index contributed by atoms with van der Waals surface area (Å²) >= 11 is 0. The van der Waals surface area contributed by atoms with Crippen LogP contribution in [0.2, 0.25) is 0 Å². The normalized spacial score (nSPS) is 9.92. The Balaban J connectivity index is 2.07. The Kier molecular flexibility index (Phi) is 4.94. The van der Waals surface area contributed by atoms with Crippen molar-refractivity contribution in [3.63, 3.8) is 0 Å². The van der Waals surface area contributed by atoms with E-state index in [4.69, 9.17) is 9.47 Å². The van der Waals surface area contributed by atoms with E-state index in [0.29, 0.717) is 0 Å². The van der Waals surface area contributed by atoms with Crippen LogP contribution in [0.1, 0.15) is 12.8 Å². The molecule has 0 saturated heterocycles. The van der Waals surface area contributed by atoms with Crippen molar-refractivity contribution >= 4 is 0 Å². The van der Waals surface area contributed by atoms with Gasteiger partial charge in [-0.1, -0.05) is 0 Å². The quantitative estimate of drug-likeness (QED) is 0.628. The number of nitrogens with zero attached hydrogens (tertiary/aromatic N) is 1. The van der Waals surface area contributed by atoms with E-state index < -0.39 is 0 Å². The molecule has 0 unspecified atom stereocenters. The molecule has 1 heterocycles. The highest BCUT2D eigenvalue weighted by atomic mass is 16.5. The van der Waals surface area contributed by atoms with Crippen LogP contribution in [0.25, 0.3) is 0 Å². The van der Waals surface area contributed by atoms with Crippen LogP contribution in [-0.4, -0.2) is 25.3 Å². The second kappa shape index (κ2) is 6.43. The summed E-state index contributed by atoms with van der Waals surface area (Å²) < 4.78 is 10.4. The summed E-state index contributed by atoms with van der Waals surface area (Å²) in [5, 5.41) is 0. The maximum Gasteiger partial charge on any atom is 0.137 e. The summed E-state index contributed by atoms with van der Waals surface area (Å²) in [6.07, 6.45) is 5.51. The maximum absolute atomic E-state index is 5.43. The minimum absolute atomic E-state index is 0.731. The van der Waals surface area contributed by atoms with Crippen LogP contribution < -0.4 is 4.74 Å². The zero-order valence-electron chi connectivity index (χ0n) is 7.90. The van der Waals surface area contributed by atoms with Gasteiger partial charge in [0.1, 0.15) is 5.75 Å². The molecule has 72 valence electrons. The molecule has 0 amide bonds. The lowest BCUT2D eigenvalue weighted by molar-refractivity contribution is 0.184. The first-order valence-electron chi connectivity index (χ1n) is 4.45. The van der Waals surface area contributed by atoms with E-state index in [2.05, 4.69) is 4.98 Å². The molecule has 0 fully saturated rings. The van der Waals surface area contributed by atoms with Crippen molar-refractivity contribution in [1.82, 2.24) is 4.98 Å². The van der Waals surface area contributed by atoms with Crippen LogP contribution in [0, 0.1) is 0 Å². The summed E-state index contributed by atoms with van der Waals surface area (Å²) in [6, 6.07) is 3.77. The average molecular weight is 181 g/mol. The highest BCUT2D eigenvalue weighted by Gasteiger charge is 1.91. The molecule has 13 heavy (non-hydrogen) atoms. The Morgan fingerprint density at radius 1 is 1.31 bits per heavy atom. The summed E-state index contributed by atoms with van der Waals surface area (Å²) in [5.74, 6) is 0.833. The van der Waals surface area contributed by atoms with Crippen LogP contribution in [0.3, 0.4) is 0 Å². The lowest BCUT2D eigenvalue weighted by atomic mass is 10.3. The lowest BCUT2D eigenvalue weighted by Gasteiger charge is -2.04. The number of pyridine rings is 1. The molecule has 0 spiro atoms. The minimum Gasteiger partial charge on any atom is -0.492 e. The van der Waals surface area contributed by atoms with E-state index in [1.165, 1.54) is 0 Å². The molecule has 0 saturated carbocycles. The van der Waals surface area contributed by atoms with Crippen LogP contribution in [0.15, 0.2) is 24.5 Å². The van der Waals surface area contributed by atoms with Gasteiger partial charge < -0.3 is 9.47 Å². The predicted octanol–water partition coefficient (Wildman–Crippen LogP) is 1.89. The number of hydrogen-bond donors (Lipinski definition) is 0. The van der Waals surface area contributed by atoms with Crippen LogP contribution in [-0.2, 0) is 4.74 Å². The van der Waals surface area contributed by atoms with Gasteiger partial charge in [0.2, 0.25) is 0 Å². The molecule has 0 aliphatic rings. The van der Waals surface area contributed by atoms with Gasteiger partial charge in [0.05, 0.1) is 12.8 Å². The third-order valence-corrected chi connectivity index (χ3v) is 1.65. The SMILES string of the molecule is COCCCCOc1cccnc1. The first kappa shape index (κ1) is 9.99. The fourth-order valence-electron chi connectivity index (χ4n) is 0.971. The molecule has 0 atom stereocenters. The summed E-state index contributed by atoms with van der Waals surface area (Å²) in [6.45, 7) is 1.53. The Morgan fingerprint density at radius 3 is 2.85 bits per heavy atom. The Bertz CT molecular complexity index is 213. The average Bonchev–Trinajstić information content (AvgIpc) is 2.19. The van der Waals surface area contributed by atoms with E-state index >= 15 is 0 Å². The number of aromatic nitrogens is 1. The molecule has 0 aromatic carbocycles. The number of hydrogen-bond acceptors (Lipinski definition) is 3. The molecule has 0 aliphatic heterocycles. The molecular formula is C10H15NO2. The highest BCUT2D eigenvalue weighted by molar-refractivity contribution is 5.15. The van der Waals surface area contributed by atoms with Crippen molar-refractivity contribution in [2.24, 2.45) is 0 Å². The standard InChI is InChI=1S/C10H15NO2/c1-12-7-2-3-8-13-10-5-4-6-11-9-10/h4-6,9H,2-3,7-8H2,1H3. The van der Waals surface area contributed by atoms with Gasteiger partial charge in [0.25, 0.3) is 0 Å². The Labute approximate surface area is 78.7 Å². The smallest absolute Gasteiger partial charge is 0.137 e. The van der Waals surface area contributed by atoms with Gasteiger partial charge >= 0.3 is 0 Å². The molecule has 1 aromatic rings. The van der Waals surface area contributed by atoms with Crippen LogP contribution in [0.5, 0.6) is 5.75 Å². The van der Waals surface area contributed by atoms with Gasteiger partial charge in [-0.15, -0.1) is 0 Å². The fraction of sp³-hybridized carbons (Fsp3) is 0.500. The molecule has 0 radical (unpaired) electrons. The molecule has 0 aliphatic carbocycles. The van der Waals surface area contributed by atoms with E-state index in [1.807, 2.05) is 12.1 Å². The molecule has 0 N–H and O–H groups in total. The first-order chi connectivity index (χ1) is 6.43. The number of unbranched alkanes of at least 4 members (excludes halogenated alkanes) is 1. The summed E-state index contributed by atoms with van der Waals surface area (Å²) in [7, 11) is 1.71. The lowest BCUT2D eigenvalue weighted by Crippen LogP contribution is -1.99. The third-order valence-electron chi connectivity index (χ3n) is 1.65. The largest absolute Gasteiger partial charge is 0.492 e. The monoisotopic (exact) mass is 181 g/mol. The van der Waals surface area contributed by atoms with Gasteiger partial charge in [0.15, 0.2) is 0 Å². The third kappa shape index (κ3) is 4.48. The summed E-state index contributed by atoms with van der Waals surface area (Å²) in [4.78, 5) is 3.95. The van der Waals surface area contributed by atoms with Gasteiger partial charge in [-0.05, 0) is 25.0 Å². The van der Waals surface area contributed by atoms with Gasteiger partial charge in [-0.25, -0.2) is 0 Å². The van der Waals surface area contributed by atoms with E-state index in [-0.39, 0.29) is 0 Å². The second-order valence-corrected chi connectivity index (χ2v) is 2.74. The number of methoxy groups -OCH3 is 1. The minimum atomic E-state index is 0.731. The van der Waals surface area contributed by atoms with Crippen molar-refractivity contribution in [3.05, 3.63) is 24.5 Å². The molecule has 3 nitrogen and oxygen atoms in total. The summed E-state index contributed by atoms with van der Waals surface area (Å²) in [5.41, 5.74) is 0. The van der Waals surface area contributed by atoms with E-state index in [9.17, 15) is 0 Å². The van der Waals surface area contributed by atoms with Crippen molar-refractivity contribution in [2.75, 3.05) is 20.3 Å². The number of rotatable bonds is 6. The van der Waals surface area contributed by atoms with E-state index in [0.717, 1.165) is 31.8 Å². The Morgan fingerprint density at radius 2 is 2.15 bits per heavy atom. The first-order valence-corrected chi connectivity index (χ1v) is 4.45. The zero-order chi connectivity index (χ0) is 9.36.